The molecule has 1 fully saturated rings. The summed E-state index contributed by atoms with van der Waals surface area (Å²) in [5, 5.41) is 8.57. The SMILES string of the molecule is [C-]#[N+]C1CCN(c2cccc(Cn3nc(-c4nc(-c5ccc(OC(F)(F)F)cc5)no4)cc3C)c2)CC1. The Morgan fingerprint density at radius 3 is 2.57 bits per heavy atom. The van der Waals surface area contributed by atoms with Crippen LogP contribution in [0.5, 0.6) is 5.75 Å². The van der Waals surface area contributed by atoms with Crippen molar-refractivity contribution >= 4 is 5.69 Å². The maximum Gasteiger partial charge on any atom is 0.573 e. The molecule has 11 heteroatoms. The molecule has 0 N–H and O–H groups in total. The van der Waals surface area contributed by atoms with E-state index in [0.717, 1.165) is 42.9 Å². The minimum atomic E-state index is -4.75. The molecule has 5 rings (SSSR count). The van der Waals surface area contributed by atoms with Crippen molar-refractivity contribution < 1.29 is 22.4 Å². The largest absolute Gasteiger partial charge is 0.573 e. The van der Waals surface area contributed by atoms with E-state index >= 15 is 0 Å². The molecule has 8 nitrogen and oxygen atoms in total. The molecule has 37 heavy (non-hydrogen) atoms. The predicted octanol–water partition coefficient (Wildman–Crippen LogP) is 5.74. The van der Waals surface area contributed by atoms with Crippen molar-refractivity contribution in [2.24, 2.45) is 0 Å². The standard InChI is InChI=1S/C26H23F3N6O2/c1-17-14-23(25-31-24(33-37-25)19-6-8-22(9-7-19)36-26(27,28)29)32-35(17)16-18-4-3-5-21(15-18)34-12-10-20(30-2)11-13-34/h3-9,14-15,20H,10-13,16H2,1H3. The molecule has 0 aliphatic carbocycles. The normalized spacial score (nSPS) is 14.5. The zero-order valence-corrected chi connectivity index (χ0v) is 19.9. The van der Waals surface area contributed by atoms with Crippen LogP contribution in [0, 0.1) is 13.5 Å². The van der Waals surface area contributed by atoms with Crippen LogP contribution in [0.25, 0.3) is 27.8 Å². The quantitative estimate of drug-likeness (QED) is 0.309. The summed E-state index contributed by atoms with van der Waals surface area (Å²) in [5.74, 6) is 0.116. The van der Waals surface area contributed by atoms with Crippen molar-refractivity contribution in [2.75, 3.05) is 18.0 Å². The van der Waals surface area contributed by atoms with E-state index in [1.807, 2.05) is 29.8 Å². The van der Waals surface area contributed by atoms with Gasteiger partial charge in [-0.05, 0) is 55.0 Å². The molecule has 0 amide bonds. The van der Waals surface area contributed by atoms with E-state index in [2.05, 4.69) is 41.9 Å². The van der Waals surface area contributed by atoms with Crippen molar-refractivity contribution in [2.45, 2.75) is 38.7 Å². The highest BCUT2D eigenvalue weighted by molar-refractivity contribution is 5.59. The van der Waals surface area contributed by atoms with Gasteiger partial charge in [-0.3, -0.25) is 4.68 Å². The predicted molar refractivity (Wildman–Crippen MR) is 130 cm³/mol. The maximum atomic E-state index is 12.4. The zero-order chi connectivity index (χ0) is 26.0. The summed E-state index contributed by atoms with van der Waals surface area (Å²) < 4.78 is 48.3. The molecule has 1 aliphatic rings. The highest BCUT2D eigenvalue weighted by atomic mass is 19.4. The fourth-order valence-corrected chi connectivity index (χ4v) is 4.30. The number of benzene rings is 2. The van der Waals surface area contributed by atoms with Crippen LogP contribution in [-0.4, -0.2) is 45.4 Å². The molecule has 2 aromatic carbocycles. The van der Waals surface area contributed by atoms with Crippen molar-refractivity contribution in [3.8, 4) is 28.7 Å². The molecule has 0 atom stereocenters. The summed E-state index contributed by atoms with van der Waals surface area (Å²) in [7, 11) is 0. The molecule has 0 saturated carbocycles. The fourth-order valence-electron chi connectivity index (χ4n) is 4.30. The van der Waals surface area contributed by atoms with Crippen LogP contribution in [0.1, 0.15) is 24.1 Å². The average Bonchev–Trinajstić information content (AvgIpc) is 3.51. The zero-order valence-electron chi connectivity index (χ0n) is 19.9. The molecule has 2 aromatic heterocycles. The number of nitrogens with zero attached hydrogens (tertiary/aromatic N) is 6. The van der Waals surface area contributed by atoms with E-state index in [1.54, 1.807) is 0 Å². The van der Waals surface area contributed by atoms with E-state index in [4.69, 9.17) is 11.1 Å². The fraction of sp³-hybridized carbons (Fsp3) is 0.308. The van der Waals surface area contributed by atoms with Crippen LogP contribution in [0.4, 0.5) is 18.9 Å². The van der Waals surface area contributed by atoms with Gasteiger partial charge >= 0.3 is 6.36 Å². The first-order chi connectivity index (χ1) is 17.8. The Labute approximate surface area is 211 Å². The number of hydrogen-bond acceptors (Lipinski definition) is 6. The van der Waals surface area contributed by atoms with Gasteiger partial charge in [-0.1, -0.05) is 17.3 Å². The van der Waals surface area contributed by atoms with Gasteiger partial charge in [0.1, 0.15) is 5.75 Å². The van der Waals surface area contributed by atoms with Crippen LogP contribution in [-0.2, 0) is 6.54 Å². The van der Waals surface area contributed by atoms with E-state index < -0.39 is 6.36 Å². The highest BCUT2D eigenvalue weighted by Gasteiger charge is 2.31. The number of hydrogen-bond donors (Lipinski definition) is 0. The van der Waals surface area contributed by atoms with E-state index in [1.165, 1.54) is 24.3 Å². The summed E-state index contributed by atoms with van der Waals surface area (Å²) in [6.45, 7) is 11.5. The Morgan fingerprint density at radius 1 is 1.11 bits per heavy atom. The second kappa shape index (κ2) is 9.97. The van der Waals surface area contributed by atoms with Crippen LogP contribution >= 0.6 is 0 Å². The van der Waals surface area contributed by atoms with Crippen LogP contribution in [0.2, 0.25) is 0 Å². The van der Waals surface area contributed by atoms with Gasteiger partial charge in [0.05, 0.1) is 6.54 Å². The summed E-state index contributed by atoms with van der Waals surface area (Å²) in [6, 6.07) is 15.5. The first-order valence-corrected chi connectivity index (χ1v) is 11.7. The Hall–Kier alpha value is -4.33. The first kappa shape index (κ1) is 24.4. The highest BCUT2D eigenvalue weighted by Crippen LogP contribution is 2.27. The third kappa shape index (κ3) is 5.74. The third-order valence-corrected chi connectivity index (χ3v) is 6.23. The molecule has 3 heterocycles. The summed E-state index contributed by atoms with van der Waals surface area (Å²) in [5.41, 5.74) is 4.13. The first-order valence-electron chi connectivity index (χ1n) is 11.7. The number of alkyl halides is 3. The lowest BCUT2D eigenvalue weighted by atomic mass is 10.0. The minimum absolute atomic E-state index is 0.123. The van der Waals surface area contributed by atoms with Crippen LogP contribution in [0.15, 0.2) is 59.1 Å². The molecule has 190 valence electrons. The number of halogens is 3. The molecule has 4 aromatic rings. The lowest BCUT2D eigenvalue weighted by Gasteiger charge is -2.29. The Morgan fingerprint density at radius 2 is 1.86 bits per heavy atom. The van der Waals surface area contributed by atoms with Crippen molar-refractivity contribution in [1.82, 2.24) is 19.9 Å². The van der Waals surface area contributed by atoms with Crippen molar-refractivity contribution in [3.63, 3.8) is 0 Å². The molecule has 0 unspecified atom stereocenters. The number of aryl methyl sites for hydroxylation is 1. The minimum Gasteiger partial charge on any atom is -0.406 e. The van der Waals surface area contributed by atoms with E-state index in [0.29, 0.717) is 17.8 Å². The molecule has 1 aliphatic heterocycles. The Balaban J connectivity index is 1.28. The molecule has 0 spiro atoms. The van der Waals surface area contributed by atoms with Gasteiger partial charge in [-0.2, -0.15) is 10.1 Å². The monoisotopic (exact) mass is 508 g/mol. The van der Waals surface area contributed by atoms with Gasteiger partial charge in [0.25, 0.3) is 5.89 Å². The third-order valence-electron chi connectivity index (χ3n) is 6.23. The summed E-state index contributed by atoms with van der Waals surface area (Å²) >= 11 is 0. The van der Waals surface area contributed by atoms with Gasteiger partial charge in [0.15, 0.2) is 5.69 Å². The number of anilines is 1. The lowest BCUT2D eigenvalue weighted by Crippen LogP contribution is -2.34. The second-order valence-electron chi connectivity index (χ2n) is 8.84. The molecular weight excluding hydrogens is 485 g/mol. The van der Waals surface area contributed by atoms with Gasteiger partial charge in [0, 0.05) is 42.9 Å². The molecule has 1 saturated heterocycles. The van der Waals surface area contributed by atoms with Gasteiger partial charge < -0.3 is 19.0 Å². The lowest BCUT2D eigenvalue weighted by molar-refractivity contribution is -0.274. The second-order valence-corrected chi connectivity index (χ2v) is 8.84. The summed E-state index contributed by atoms with van der Waals surface area (Å²) in [6.07, 6.45) is -2.99. The molecule has 0 bridgehead atoms. The van der Waals surface area contributed by atoms with E-state index in [9.17, 15) is 13.2 Å². The average molecular weight is 509 g/mol. The Kier molecular flexibility index (Phi) is 6.56. The van der Waals surface area contributed by atoms with Gasteiger partial charge in [0.2, 0.25) is 11.9 Å². The number of ether oxygens (including phenoxy) is 1. The topological polar surface area (TPSA) is 73.6 Å². The van der Waals surface area contributed by atoms with Gasteiger partial charge in [-0.25, -0.2) is 6.57 Å². The van der Waals surface area contributed by atoms with Gasteiger partial charge in [-0.15, -0.1) is 13.2 Å². The number of piperidine rings is 1. The number of aromatic nitrogens is 4. The van der Waals surface area contributed by atoms with Crippen LogP contribution in [0.3, 0.4) is 0 Å². The Bertz CT molecular complexity index is 1410. The molecular formula is C26H23F3N6O2. The van der Waals surface area contributed by atoms with E-state index in [-0.39, 0.29) is 23.5 Å². The maximum absolute atomic E-state index is 12.4. The van der Waals surface area contributed by atoms with Crippen LogP contribution < -0.4 is 9.64 Å². The smallest absolute Gasteiger partial charge is 0.406 e. The van der Waals surface area contributed by atoms with Crippen molar-refractivity contribution in [1.29, 1.82) is 0 Å². The van der Waals surface area contributed by atoms with Crippen molar-refractivity contribution in [3.05, 3.63) is 77.3 Å². The number of rotatable bonds is 6. The molecule has 0 radical (unpaired) electrons. The summed E-state index contributed by atoms with van der Waals surface area (Å²) in [4.78, 5) is 10.3.